The van der Waals surface area contributed by atoms with Crippen molar-refractivity contribution in [1.82, 2.24) is 9.88 Å². The van der Waals surface area contributed by atoms with Crippen LogP contribution < -0.4 is 0 Å². The average molecular weight is 419 g/mol. The van der Waals surface area contributed by atoms with Crippen molar-refractivity contribution in [3.63, 3.8) is 0 Å². The highest BCUT2D eigenvalue weighted by molar-refractivity contribution is 7.16. The number of hydrogen-bond donors (Lipinski definition) is 0. The molecule has 7 heteroatoms. The molecule has 1 aliphatic rings. The SMILES string of the molecule is C=CC(=O)N1Cc2sc(Cl)cc2[C@H](c2ccsc2-c2cnc(F)c(C)c2)C1. The lowest BCUT2D eigenvalue weighted by Gasteiger charge is -2.32. The van der Waals surface area contributed by atoms with Crippen LogP contribution in [0.15, 0.2) is 42.4 Å². The van der Waals surface area contributed by atoms with E-state index in [1.54, 1.807) is 29.4 Å². The van der Waals surface area contributed by atoms with Crippen molar-refractivity contribution in [2.45, 2.75) is 19.4 Å². The molecule has 138 valence electrons. The predicted molar refractivity (Wildman–Crippen MR) is 109 cm³/mol. The topological polar surface area (TPSA) is 33.2 Å². The maximum atomic E-state index is 13.6. The molecule has 0 N–H and O–H groups in total. The number of amides is 1. The second-order valence-corrected chi connectivity index (χ2v) is 9.13. The summed E-state index contributed by atoms with van der Waals surface area (Å²) >= 11 is 9.38. The molecule has 0 spiro atoms. The van der Waals surface area contributed by atoms with Crippen LogP contribution in [0.2, 0.25) is 4.34 Å². The minimum absolute atomic E-state index is 0.00742. The average Bonchev–Trinajstić information content (AvgIpc) is 3.28. The van der Waals surface area contributed by atoms with Gasteiger partial charge in [0.15, 0.2) is 0 Å². The molecule has 0 bridgehead atoms. The molecule has 3 aromatic rings. The number of nitrogens with zero attached hydrogens (tertiary/aromatic N) is 2. The van der Waals surface area contributed by atoms with Gasteiger partial charge in [-0.15, -0.1) is 22.7 Å². The standard InChI is InChI=1S/C20H16ClFN2OS2/c1-3-18(25)24-9-15(14-7-17(21)27-16(14)10-24)13-4-5-26-19(13)12-6-11(2)20(22)23-8-12/h3-8,15H,1,9-10H2,2H3/t15-/m0/s1. The van der Waals surface area contributed by atoms with E-state index in [-0.39, 0.29) is 11.8 Å². The summed E-state index contributed by atoms with van der Waals surface area (Å²) in [6.45, 7) is 6.43. The molecule has 1 amide bonds. The Labute approximate surface area is 169 Å². The van der Waals surface area contributed by atoms with Crippen LogP contribution in [0.5, 0.6) is 0 Å². The summed E-state index contributed by atoms with van der Waals surface area (Å²) in [6, 6.07) is 5.88. The largest absolute Gasteiger partial charge is 0.333 e. The second-order valence-electron chi connectivity index (χ2n) is 6.44. The Morgan fingerprint density at radius 2 is 2.26 bits per heavy atom. The lowest BCUT2D eigenvalue weighted by Crippen LogP contribution is -2.36. The molecule has 4 rings (SSSR count). The molecule has 0 fully saturated rings. The predicted octanol–water partition coefficient (Wildman–Crippen LogP) is 5.63. The van der Waals surface area contributed by atoms with Crippen LogP contribution in [0.25, 0.3) is 10.4 Å². The van der Waals surface area contributed by atoms with Crippen molar-refractivity contribution in [2.24, 2.45) is 0 Å². The number of thiophene rings is 2. The third-order valence-corrected chi connectivity index (χ3v) is 7.00. The van der Waals surface area contributed by atoms with Gasteiger partial charge in [0.2, 0.25) is 11.9 Å². The van der Waals surface area contributed by atoms with E-state index in [0.717, 1.165) is 26.4 Å². The van der Waals surface area contributed by atoms with Gasteiger partial charge in [0, 0.05) is 39.5 Å². The van der Waals surface area contributed by atoms with E-state index in [1.807, 2.05) is 17.5 Å². The highest BCUT2D eigenvalue weighted by atomic mass is 35.5. The molecule has 0 unspecified atom stereocenters. The summed E-state index contributed by atoms with van der Waals surface area (Å²) in [5.41, 5.74) is 3.65. The summed E-state index contributed by atoms with van der Waals surface area (Å²) in [5.74, 6) is -0.538. The van der Waals surface area contributed by atoms with Gasteiger partial charge in [0.05, 0.1) is 10.9 Å². The quantitative estimate of drug-likeness (QED) is 0.407. The molecule has 3 nitrogen and oxygen atoms in total. The number of rotatable bonds is 3. The van der Waals surface area contributed by atoms with Gasteiger partial charge >= 0.3 is 0 Å². The monoisotopic (exact) mass is 418 g/mol. The third kappa shape index (κ3) is 3.33. The van der Waals surface area contributed by atoms with E-state index in [2.05, 4.69) is 17.6 Å². The lowest BCUT2D eigenvalue weighted by atomic mass is 9.87. The van der Waals surface area contributed by atoms with E-state index >= 15 is 0 Å². The van der Waals surface area contributed by atoms with Gasteiger partial charge in [-0.05, 0) is 47.7 Å². The van der Waals surface area contributed by atoms with Gasteiger partial charge in [0.25, 0.3) is 0 Å². The Morgan fingerprint density at radius 3 is 3.00 bits per heavy atom. The molecule has 0 saturated heterocycles. The number of aromatic nitrogens is 1. The molecule has 27 heavy (non-hydrogen) atoms. The molecule has 0 radical (unpaired) electrons. The summed E-state index contributed by atoms with van der Waals surface area (Å²) in [6.07, 6.45) is 2.91. The summed E-state index contributed by atoms with van der Waals surface area (Å²) in [7, 11) is 0. The number of aryl methyl sites for hydroxylation is 1. The van der Waals surface area contributed by atoms with Gasteiger partial charge in [-0.2, -0.15) is 4.39 Å². The number of fused-ring (bicyclic) bond motifs is 1. The number of carbonyl (C=O) groups is 1. The normalized spacial score (nSPS) is 16.3. The minimum Gasteiger partial charge on any atom is -0.333 e. The van der Waals surface area contributed by atoms with Gasteiger partial charge < -0.3 is 4.90 Å². The zero-order valence-corrected chi connectivity index (χ0v) is 16.9. The van der Waals surface area contributed by atoms with Crippen molar-refractivity contribution in [2.75, 3.05) is 6.54 Å². The van der Waals surface area contributed by atoms with Crippen molar-refractivity contribution >= 4 is 40.2 Å². The summed E-state index contributed by atoms with van der Waals surface area (Å²) < 4.78 is 14.3. The number of carbonyl (C=O) groups excluding carboxylic acids is 1. The fourth-order valence-electron chi connectivity index (χ4n) is 3.46. The van der Waals surface area contributed by atoms with E-state index in [0.29, 0.717) is 23.0 Å². The molecular weight excluding hydrogens is 403 g/mol. The Hall–Kier alpha value is -2.02. The maximum absolute atomic E-state index is 13.6. The van der Waals surface area contributed by atoms with Crippen molar-refractivity contribution in [1.29, 1.82) is 0 Å². The zero-order chi connectivity index (χ0) is 19.1. The first-order valence-electron chi connectivity index (χ1n) is 8.37. The van der Waals surface area contributed by atoms with E-state index in [9.17, 15) is 9.18 Å². The van der Waals surface area contributed by atoms with E-state index in [1.165, 1.54) is 17.4 Å². The first-order valence-corrected chi connectivity index (χ1v) is 10.4. The van der Waals surface area contributed by atoms with Crippen LogP contribution >= 0.6 is 34.3 Å². The van der Waals surface area contributed by atoms with Crippen molar-refractivity contribution in [3.05, 3.63) is 74.3 Å². The Kier molecular flexibility index (Phi) is 4.88. The zero-order valence-electron chi connectivity index (χ0n) is 14.5. The van der Waals surface area contributed by atoms with Gasteiger partial charge in [0.1, 0.15) is 0 Å². The first kappa shape index (κ1) is 18.3. The highest BCUT2D eigenvalue weighted by Gasteiger charge is 2.32. The van der Waals surface area contributed by atoms with Gasteiger partial charge in [-0.3, -0.25) is 4.79 Å². The van der Waals surface area contributed by atoms with Gasteiger partial charge in [-0.1, -0.05) is 18.2 Å². The van der Waals surface area contributed by atoms with E-state index < -0.39 is 5.95 Å². The summed E-state index contributed by atoms with van der Waals surface area (Å²) in [5, 5.41) is 2.02. The van der Waals surface area contributed by atoms with Crippen LogP contribution in [0.1, 0.15) is 27.5 Å². The molecule has 0 aromatic carbocycles. The lowest BCUT2D eigenvalue weighted by molar-refractivity contribution is -0.127. The van der Waals surface area contributed by atoms with Crippen LogP contribution in [0, 0.1) is 12.9 Å². The Morgan fingerprint density at radius 1 is 1.44 bits per heavy atom. The Balaban J connectivity index is 1.81. The van der Waals surface area contributed by atoms with Crippen LogP contribution in [-0.2, 0) is 11.3 Å². The molecule has 0 saturated carbocycles. The number of hydrogen-bond acceptors (Lipinski definition) is 4. The smallest absolute Gasteiger partial charge is 0.246 e. The van der Waals surface area contributed by atoms with Crippen LogP contribution in [0.4, 0.5) is 4.39 Å². The molecule has 1 atom stereocenters. The number of pyridine rings is 1. The fourth-order valence-corrected chi connectivity index (χ4v) is 5.76. The summed E-state index contributed by atoms with van der Waals surface area (Å²) in [4.78, 5) is 20.1. The maximum Gasteiger partial charge on any atom is 0.246 e. The van der Waals surface area contributed by atoms with Crippen LogP contribution in [-0.4, -0.2) is 22.3 Å². The Bertz CT molecular complexity index is 1040. The van der Waals surface area contributed by atoms with Crippen molar-refractivity contribution in [3.8, 4) is 10.4 Å². The van der Waals surface area contributed by atoms with Crippen LogP contribution in [0.3, 0.4) is 0 Å². The van der Waals surface area contributed by atoms with Crippen molar-refractivity contribution < 1.29 is 9.18 Å². The van der Waals surface area contributed by atoms with Gasteiger partial charge in [-0.25, -0.2) is 4.98 Å². The second kappa shape index (κ2) is 7.19. The number of halogens is 2. The highest BCUT2D eigenvalue weighted by Crippen LogP contribution is 2.44. The minimum atomic E-state index is -0.454. The molecule has 0 aliphatic carbocycles. The fraction of sp³-hybridized carbons (Fsp3) is 0.200. The molecular formula is C20H16ClFN2OS2. The third-order valence-electron chi connectivity index (χ3n) is 4.76. The first-order chi connectivity index (χ1) is 13.0. The van der Waals surface area contributed by atoms with E-state index in [4.69, 9.17) is 11.6 Å². The molecule has 1 aliphatic heterocycles. The molecule has 4 heterocycles. The molecule has 3 aromatic heterocycles.